The molecule has 9 aromatic carbocycles. The van der Waals surface area contributed by atoms with Gasteiger partial charge in [-0.3, -0.25) is 0 Å². The van der Waals surface area contributed by atoms with E-state index in [1.165, 1.54) is 0 Å². The fourth-order valence-electron chi connectivity index (χ4n) is 10.7. The van der Waals surface area contributed by atoms with Gasteiger partial charge in [0, 0.05) is 21.1 Å². The van der Waals surface area contributed by atoms with E-state index in [9.17, 15) is 0 Å². The van der Waals surface area contributed by atoms with Crippen LogP contribution in [0.4, 0.5) is 85.3 Å². The topological polar surface area (TPSA) is 71.5 Å². The van der Waals surface area contributed by atoms with Crippen LogP contribution in [0, 0.1) is 0 Å². The molecule has 14 rings (SSSR count). The van der Waals surface area contributed by atoms with E-state index >= 15 is 0 Å². The van der Waals surface area contributed by atoms with Gasteiger partial charge in [0.25, 0.3) is 0 Å². The van der Waals surface area contributed by atoms with Crippen LogP contribution in [-0.4, -0.2) is 31.1 Å². The van der Waals surface area contributed by atoms with E-state index in [-0.39, 0.29) is 0 Å². The lowest BCUT2D eigenvalue weighted by Gasteiger charge is -2.46. The molecule has 0 bridgehead atoms. The molecule has 10 nitrogen and oxygen atoms in total. The van der Waals surface area contributed by atoms with Gasteiger partial charge in [-0.15, -0.1) is 0 Å². The normalized spacial score (nSPS) is 13.6. The van der Waals surface area contributed by atoms with Gasteiger partial charge in [-0.05, 0) is 103 Å². The summed E-state index contributed by atoms with van der Waals surface area (Å²) in [6, 6.07) is 70.0. The third kappa shape index (κ3) is 5.66. The molecule has 3 aliphatic rings. The average molecular weight is 895 g/mol. The molecule has 0 spiro atoms. The molecule has 3 aliphatic heterocycles. The lowest BCUT2D eigenvalue weighted by molar-refractivity contribution is 0.617. The van der Waals surface area contributed by atoms with E-state index in [1.54, 1.807) is 0 Å². The maximum absolute atomic E-state index is 7.00. The Bertz CT molecular complexity index is 3470. The van der Waals surface area contributed by atoms with Gasteiger partial charge in [-0.25, -0.2) is 9.97 Å². The first-order valence-electron chi connectivity index (χ1n) is 23.1. The molecule has 0 saturated carbocycles. The molecule has 0 aliphatic carbocycles. The SMILES string of the molecule is CN1c2ccccc2N(c2c(-c3nc4ccccc4o3)cc(-c3nc4ccccc4o3)c(N3c4ccccc4N(C)c4ccccc43)c2N2c3ccccc3N(C)c3ccccc32)c2ccccc21. The average Bonchev–Trinajstić information content (AvgIpc) is 4.05. The molecular weight excluding hydrogens is 853 g/mol. The molecule has 0 radical (unpaired) electrons. The third-order valence-electron chi connectivity index (χ3n) is 13.9. The Morgan fingerprint density at radius 2 is 0.536 bits per heavy atom. The van der Waals surface area contributed by atoms with Crippen molar-refractivity contribution in [1.82, 2.24) is 9.97 Å². The Morgan fingerprint density at radius 1 is 0.290 bits per heavy atom. The Hall–Kier alpha value is -9.28. The van der Waals surface area contributed by atoms with Crippen LogP contribution in [0.1, 0.15) is 0 Å². The molecule has 11 aromatic rings. The second kappa shape index (κ2) is 14.9. The summed E-state index contributed by atoms with van der Waals surface area (Å²) in [5.41, 5.74) is 19.2. The maximum Gasteiger partial charge on any atom is 0.229 e. The van der Waals surface area contributed by atoms with Crippen LogP contribution in [0.3, 0.4) is 0 Å². The molecule has 2 aromatic heterocycles. The molecule has 330 valence electrons. The van der Waals surface area contributed by atoms with E-state index < -0.39 is 0 Å². The van der Waals surface area contributed by atoms with Crippen molar-refractivity contribution in [3.63, 3.8) is 0 Å². The number of fused-ring (bicyclic) bond motifs is 8. The van der Waals surface area contributed by atoms with Crippen molar-refractivity contribution in [2.75, 3.05) is 50.5 Å². The molecular formula is C59H42N8O2. The van der Waals surface area contributed by atoms with Crippen molar-refractivity contribution in [3.05, 3.63) is 200 Å². The van der Waals surface area contributed by atoms with Crippen LogP contribution in [0.2, 0.25) is 0 Å². The van der Waals surface area contributed by atoms with Gasteiger partial charge in [0.05, 0.1) is 96.4 Å². The lowest BCUT2D eigenvalue weighted by atomic mass is 9.94. The highest BCUT2D eigenvalue weighted by atomic mass is 16.4. The second-order valence-electron chi connectivity index (χ2n) is 17.6. The monoisotopic (exact) mass is 894 g/mol. The van der Waals surface area contributed by atoms with Crippen molar-refractivity contribution in [2.45, 2.75) is 0 Å². The van der Waals surface area contributed by atoms with Crippen LogP contribution >= 0.6 is 0 Å². The van der Waals surface area contributed by atoms with Gasteiger partial charge in [0.2, 0.25) is 11.8 Å². The third-order valence-corrected chi connectivity index (χ3v) is 13.9. The summed E-state index contributed by atoms with van der Waals surface area (Å²) in [7, 11) is 6.43. The van der Waals surface area contributed by atoms with E-state index in [1.807, 2.05) is 48.5 Å². The number of aromatic nitrogens is 2. The number of para-hydroxylation sites is 16. The number of nitrogens with zero attached hydrogens (tertiary/aromatic N) is 8. The second-order valence-corrected chi connectivity index (χ2v) is 17.6. The fourth-order valence-corrected chi connectivity index (χ4v) is 10.7. The van der Waals surface area contributed by atoms with Crippen LogP contribution in [0.15, 0.2) is 209 Å². The van der Waals surface area contributed by atoms with Gasteiger partial charge >= 0.3 is 0 Å². The first-order valence-corrected chi connectivity index (χ1v) is 23.1. The van der Waals surface area contributed by atoms with Crippen molar-refractivity contribution >= 4 is 108 Å². The molecule has 69 heavy (non-hydrogen) atoms. The molecule has 10 heteroatoms. The van der Waals surface area contributed by atoms with Gasteiger partial charge in [0.15, 0.2) is 11.2 Å². The zero-order valence-electron chi connectivity index (χ0n) is 37.9. The number of rotatable bonds is 5. The minimum atomic E-state index is 0.458. The highest BCUT2D eigenvalue weighted by molar-refractivity contribution is 6.17. The molecule has 0 unspecified atom stereocenters. The summed E-state index contributed by atoms with van der Waals surface area (Å²) in [5.74, 6) is 0.917. The number of oxazole rings is 2. The largest absolute Gasteiger partial charge is 0.436 e. The summed E-state index contributed by atoms with van der Waals surface area (Å²) >= 11 is 0. The van der Waals surface area contributed by atoms with Crippen molar-refractivity contribution < 1.29 is 8.83 Å². The van der Waals surface area contributed by atoms with Gasteiger partial charge in [-0.1, -0.05) is 97.1 Å². The molecule has 0 atom stereocenters. The molecule has 0 N–H and O–H groups in total. The van der Waals surface area contributed by atoms with E-state index in [4.69, 9.17) is 18.8 Å². The summed E-state index contributed by atoms with van der Waals surface area (Å²) in [6.07, 6.45) is 0. The summed E-state index contributed by atoms with van der Waals surface area (Å²) in [5, 5.41) is 0. The van der Waals surface area contributed by atoms with Crippen molar-refractivity contribution in [2.24, 2.45) is 0 Å². The summed E-state index contributed by atoms with van der Waals surface area (Å²) in [4.78, 5) is 24.8. The minimum Gasteiger partial charge on any atom is -0.436 e. The standard InChI is InChI=1S/C59H42N8O2/c1-62-41-22-6-12-28-47(41)65(48-29-13-7-23-42(48)62)55-37(58-60-39-20-4-18-34-53(39)68-58)36-38(59-61-40-21-5-19-35-54(40)69-59)56(66-49-30-14-8-24-43(49)63(2)44-25-9-15-31-50(44)66)57(55)67-51-32-16-10-26-45(51)64(3)46-27-11-17-33-52(46)67/h4-36H,1-3H3. The minimum absolute atomic E-state index is 0.458. The van der Waals surface area contributed by atoms with Crippen molar-refractivity contribution in [3.8, 4) is 22.9 Å². The number of benzene rings is 9. The van der Waals surface area contributed by atoms with E-state index in [0.717, 1.165) is 107 Å². The maximum atomic E-state index is 7.00. The highest BCUT2D eigenvalue weighted by Crippen LogP contribution is 2.66. The van der Waals surface area contributed by atoms with Crippen LogP contribution in [0.25, 0.3) is 45.1 Å². The molecule has 0 fully saturated rings. The zero-order valence-corrected chi connectivity index (χ0v) is 37.9. The van der Waals surface area contributed by atoms with Crippen LogP contribution in [0.5, 0.6) is 0 Å². The first kappa shape index (κ1) is 38.9. The first-order chi connectivity index (χ1) is 34.0. The predicted molar refractivity (Wildman–Crippen MR) is 281 cm³/mol. The summed E-state index contributed by atoms with van der Waals surface area (Å²) in [6.45, 7) is 0. The number of hydrogen-bond acceptors (Lipinski definition) is 10. The number of hydrogen-bond donors (Lipinski definition) is 0. The van der Waals surface area contributed by atoms with E-state index in [0.29, 0.717) is 22.9 Å². The van der Waals surface area contributed by atoms with Crippen LogP contribution < -0.4 is 29.4 Å². The molecule has 0 saturated heterocycles. The Balaban J connectivity index is 1.25. The Labute approximate surface area is 398 Å². The van der Waals surface area contributed by atoms with E-state index in [2.05, 4.69) is 202 Å². The Morgan fingerprint density at radius 3 is 0.826 bits per heavy atom. The quantitative estimate of drug-likeness (QED) is 0.167. The molecule has 5 heterocycles. The predicted octanol–water partition coefficient (Wildman–Crippen LogP) is 16.0. The lowest BCUT2D eigenvalue weighted by Crippen LogP contribution is -2.30. The van der Waals surface area contributed by atoms with Crippen LogP contribution in [-0.2, 0) is 0 Å². The molecule has 0 amide bonds. The van der Waals surface area contributed by atoms with Crippen molar-refractivity contribution in [1.29, 1.82) is 0 Å². The van der Waals surface area contributed by atoms with Gasteiger partial charge < -0.3 is 38.2 Å². The Kier molecular flexibility index (Phi) is 8.39. The number of anilines is 15. The zero-order chi connectivity index (χ0) is 45.9. The smallest absolute Gasteiger partial charge is 0.229 e. The summed E-state index contributed by atoms with van der Waals surface area (Å²) < 4.78 is 14.0. The van der Waals surface area contributed by atoms with Gasteiger partial charge in [0.1, 0.15) is 11.0 Å². The highest BCUT2D eigenvalue weighted by Gasteiger charge is 2.42. The fraction of sp³-hybridized carbons (Fsp3) is 0.0508. The van der Waals surface area contributed by atoms with Gasteiger partial charge in [-0.2, -0.15) is 0 Å².